The fourth-order valence-corrected chi connectivity index (χ4v) is 2.34. The number of benzene rings is 2. The number of ether oxygens (including phenoxy) is 1. The van der Waals surface area contributed by atoms with Gasteiger partial charge in [-0.05, 0) is 23.3 Å². The van der Waals surface area contributed by atoms with Crippen LogP contribution in [-0.2, 0) is 17.9 Å². The van der Waals surface area contributed by atoms with Gasteiger partial charge >= 0.3 is 0 Å². The van der Waals surface area contributed by atoms with Crippen LogP contribution in [0.4, 0.5) is 5.69 Å². The van der Waals surface area contributed by atoms with E-state index in [9.17, 15) is 4.79 Å². The van der Waals surface area contributed by atoms with Crippen LogP contribution in [0, 0.1) is 0 Å². The number of carbonyl (C=O) groups excluding carboxylic acids is 1. The van der Waals surface area contributed by atoms with E-state index in [4.69, 9.17) is 4.74 Å². The Balaban J connectivity index is 0.00000338. The smallest absolute Gasteiger partial charge is 0.221 e. The maximum Gasteiger partial charge on any atom is 0.221 e. The molecule has 0 bridgehead atoms. The van der Waals surface area contributed by atoms with E-state index in [1.807, 2.05) is 36.4 Å². The van der Waals surface area contributed by atoms with Crippen LogP contribution in [0.3, 0.4) is 0 Å². The summed E-state index contributed by atoms with van der Waals surface area (Å²) >= 11 is 0. The van der Waals surface area contributed by atoms with E-state index in [-0.39, 0.29) is 29.9 Å². The zero-order valence-corrected chi connectivity index (χ0v) is 17.5. The van der Waals surface area contributed by atoms with Crippen molar-refractivity contribution in [3.05, 3.63) is 59.7 Å². The molecule has 0 fully saturated rings. The van der Waals surface area contributed by atoms with Crippen LogP contribution in [-0.4, -0.2) is 26.0 Å². The van der Waals surface area contributed by atoms with Crippen LogP contribution in [0.15, 0.2) is 53.5 Å². The van der Waals surface area contributed by atoms with Crippen molar-refractivity contribution >= 4 is 41.5 Å². The predicted molar refractivity (Wildman–Crippen MR) is 116 cm³/mol. The highest BCUT2D eigenvalue weighted by molar-refractivity contribution is 14.0. The summed E-state index contributed by atoms with van der Waals surface area (Å²) in [6, 6.07) is 15.8. The van der Waals surface area contributed by atoms with Gasteiger partial charge in [0.25, 0.3) is 0 Å². The van der Waals surface area contributed by atoms with Crippen molar-refractivity contribution in [1.82, 2.24) is 10.6 Å². The maximum atomic E-state index is 11.3. The molecule has 2 aromatic rings. The van der Waals surface area contributed by atoms with Crippen molar-refractivity contribution in [1.29, 1.82) is 0 Å². The monoisotopic (exact) mass is 468 g/mol. The Labute approximate surface area is 171 Å². The largest absolute Gasteiger partial charge is 0.495 e. The molecule has 26 heavy (non-hydrogen) atoms. The Morgan fingerprint density at radius 3 is 2.27 bits per heavy atom. The highest BCUT2D eigenvalue weighted by atomic mass is 127. The molecule has 1 amide bonds. The van der Waals surface area contributed by atoms with Gasteiger partial charge in [0.15, 0.2) is 5.96 Å². The van der Waals surface area contributed by atoms with Gasteiger partial charge in [-0.25, -0.2) is 0 Å². The number of nitrogens with one attached hydrogen (secondary N) is 3. The molecule has 0 unspecified atom stereocenters. The standard InChI is InChI=1S/C19H24N4O2.HI/c1-14(24)23-17-11-16(9-10-18(17)25-3)13-22-19(20-2)21-12-15-7-5-4-6-8-15;/h4-11H,12-13H2,1-3H3,(H,23,24)(H2,20,21,22);1H. The summed E-state index contributed by atoms with van der Waals surface area (Å²) in [5, 5.41) is 9.30. The number of halogens is 1. The average Bonchev–Trinajstić information content (AvgIpc) is 2.62. The summed E-state index contributed by atoms with van der Waals surface area (Å²) < 4.78 is 5.26. The average molecular weight is 468 g/mol. The second-order valence-corrected chi connectivity index (χ2v) is 5.48. The third-order valence-corrected chi connectivity index (χ3v) is 3.56. The molecular weight excluding hydrogens is 443 g/mol. The Hall–Kier alpha value is -2.29. The topological polar surface area (TPSA) is 74.8 Å². The molecular formula is C19H25IN4O2. The first kappa shape index (κ1) is 21.8. The molecule has 2 rings (SSSR count). The lowest BCUT2D eigenvalue weighted by Gasteiger charge is -2.14. The molecule has 140 valence electrons. The first-order valence-electron chi connectivity index (χ1n) is 8.05. The van der Waals surface area contributed by atoms with Crippen LogP contribution in [0.5, 0.6) is 5.75 Å². The number of hydrogen-bond acceptors (Lipinski definition) is 3. The van der Waals surface area contributed by atoms with Gasteiger partial charge in [0, 0.05) is 27.1 Å². The lowest BCUT2D eigenvalue weighted by atomic mass is 10.2. The number of nitrogens with zero attached hydrogens (tertiary/aromatic N) is 1. The van der Waals surface area contributed by atoms with Gasteiger partial charge in [-0.1, -0.05) is 36.4 Å². The summed E-state index contributed by atoms with van der Waals surface area (Å²) in [4.78, 5) is 15.5. The van der Waals surface area contributed by atoms with E-state index in [0.717, 1.165) is 5.56 Å². The first-order chi connectivity index (χ1) is 12.1. The van der Waals surface area contributed by atoms with Crippen molar-refractivity contribution in [3.63, 3.8) is 0 Å². The molecule has 2 aromatic carbocycles. The SMILES string of the molecule is CN=C(NCc1ccccc1)NCc1ccc(OC)c(NC(C)=O)c1.I. The summed E-state index contributed by atoms with van der Waals surface area (Å²) in [5.74, 6) is 1.20. The zero-order chi connectivity index (χ0) is 18.1. The molecule has 0 spiro atoms. The number of aliphatic imine (C=N–C) groups is 1. The lowest BCUT2D eigenvalue weighted by molar-refractivity contribution is -0.114. The van der Waals surface area contributed by atoms with Gasteiger partial charge in [-0.15, -0.1) is 24.0 Å². The number of hydrogen-bond donors (Lipinski definition) is 3. The van der Waals surface area contributed by atoms with Gasteiger partial charge in [-0.3, -0.25) is 9.79 Å². The summed E-state index contributed by atoms with van der Waals surface area (Å²) in [6.07, 6.45) is 0. The van der Waals surface area contributed by atoms with Crippen molar-refractivity contribution < 1.29 is 9.53 Å². The molecule has 0 aliphatic carbocycles. The van der Waals surface area contributed by atoms with Crippen molar-refractivity contribution in [3.8, 4) is 5.75 Å². The molecule has 0 heterocycles. The molecule has 0 atom stereocenters. The van der Waals surface area contributed by atoms with Gasteiger partial charge < -0.3 is 20.7 Å². The number of carbonyl (C=O) groups is 1. The minimum atomic E-state index is -0.135. The Morgan fingerprint density at radius 2 is 1.69 bits per heavy atom. The summed E-state index contributed by atoms with van der Waals surface area (Å²) in [5.41, 5.74) is 2.84. The molecule has 0 saturated heterocycles. The van der Waals surface area contributed by atoms with Crippen molar-refractivity contribution in [2.45, 2.75) is 20.0 Å². The lowest BCUT2D eigenvalue weighted by Crippen LogP contribution is -2.36. The number of amides is 1. The molecule has 0 aromatic heterocycles. The van der Waals surface area contributed by atoms with Crippen molar-refractivity contribution in [2.24, 2.45) is 4.99 Å². The second kappa shape index (κ2) is 11.3. The minimum absolute atomic E-state index is 0. The number of rotatable bonds is 6. The van der Waals surface area contributed by atoms with Crippen LogP contribution < -0.4 is 20.7 Å². The Bertz CT molecular complexity index is 736. The second-order valence-electron chi connectivity index (χ2n) is 5.48. The molecule has 7 heteroatoms. The highest BCUT2D eigenvalue weighted by Gasteiger charge is 2.06. The summed E-state index contributed by atoms with van der Waals surface area (Å²) in [6.45, 7) is 2.74. The predicted octanol–water partition coefficient (Wildman–Crippen LogP) is 3.14. The van der Waals surface area contributed by atoms with E-state index < -0.39 is 0 Å². The fraction of sp³-hybridized carbons (Fsp3) is 0.263. The molecule has 0 saturated carbocycles. The van der Waals surface area contributed by atoms with E-state index in [1.165, 1.54) is 12.5 Å². The van der Waals surface area contributed by atoms with Gasteiger partial charge in [0.1, 0.15) is 5.75 Å². The number of guanidine groups is 1. The molecule has 0 aliphatic rings. The Morgan fingerprint density at radius 1 is 1.04 bits per heavy atom. The van der Waals surface area contributed by atoms with E-state index in [2.05, 4.69) is 33.1 Å². The Kier molecular flexibility index (Phi) is 9.50. The number of methoxy groups -OCH3 is 1. The summed E-state index contributed by atoms with van der Waals surface area (Å²) in [7, 11) is 3.31. The van der Waals surface area contributed by atoms with E-state index in [0.29, 0.717) is 30.5 Å². The zero-order valence-electron chi connectivity index (χ0n) is 15.2. The third-order valence-electron chi connectivity index (χ3n) is 3.56. The minimum Gasteiger partial charge on any atom is -0.495 e. The molecule has 0 radical (unpaired) electrons. The van der Waals surface area contributed by atoms with Crippen LogP contribution in [0.1, 0.15) is 18.1 Å². The van der Waals surface area contributed by atoms with Gasteiger partial charge in [0.2, 0.25) is 5.91 Å². The van der Waals surface area contributed by atoms with Gasteiger partial charge in [-0.2, -0.15) is 0 Å². The van der Waals surface area contributed by atoms with Crippen molar-refractivity contribution in [2.75, 3.05) is 19.5 Å². The molecule has 6 nitrogen and oxygen atoms in total. The maximum absolute atomic E-state index is 11.3. The van der Waals surface area contributed by atoms with Gasteiger partial charge in [0.05, 0.1) is 12.8 Å². The molecule has 3 N–H and O–H groups in total. The highest BCUT2D eigenvalue weighted by Crippen LogP contribution is 2.25. The normalized spacial score (nSPS) is 10.5. The van der Waals surface area contributed by atoms with E-state index in [1.54, 1.807) is 14.2 Å². The first-order valence-corrected chi connectivity index (χ1v) is 8.05. The van der Waals surface area contributed by atoms with Crippen LogP contribution in [0.25, 0.3) is 0 Å². The quantitative estimate of drug-likeness (QED) is 0.346. The molecule has 0 aliphatic heterocycles. The third kappa shape index (κ3) is 6.91. The van der Waals surface area contributed by atoms with E-state index >= 15 is 0 Å². The van der Waals surface area contributed by atoms with Crippen LogP contribution >= 0.6 is 24.0 Å². The fourth-order valence-electron chi connectivity index (χ4n) is 2.34. The number of anilines is 1. The van der Waals surface area contributed by atoms with Crippen LogP contribution in [0.2, 0.25) is 0 Å².